The number of hydrogen-bond donors (Lipinski definition) is 0. The van der Waals surface area contributed by atoms with E-state index < -0.39 is 5.41 Å². The molecule has 120 valence electrons. The second-order valence-corrected chi connectivity index (χ2v) is 7.08. The van der Waals surface area contributed by atoms with Gasteiger partial charge in [0.2, 0.25) is 0 Å². The van der Waals surface area contributed by atoms with Crippen LogP contribution >= 0.6 is 0 Å². The van der Waals surface area contributed by atoms with Gasteiger partial charge >= 0.3 is 0 Å². The molecule has 0 aromatic heterocycles. The molecule has 2 aliphatic carbocycles. The van der Waals surface area contributed by atoms with Gasteiger partial charge < -0.3 is 0 Å². The first-order chi connectivity index (χ1) is 12.1. The largest absolute Gasteiger partial charge is 0.293 e. The lowest BCUT2D eigenvalue weighted by Crippen LogP contribution is -2.38. The molecule has 0 heterocycles. The topological polar surface area (TPSA) is 17.1 Å². The molecule has 0 N–H and O–H groups in total. The van der Waals surface area contributed by atoms with Crippen molar-refractivity contribution in [3.05, 3.63) is 100 Å². The van der Waals surface area contributed by atoms with E-state index in [0.29, 0.717) is 0 Å². The molecule has 3 aromatic carbocycles. The standard InChI is InChI=1S/C24H18O/c1-15-13-16(2)23-19(14-15)18-8-4-6-10-21(18)24(23)20-9-5-3-7-17(20)11-12-22(24)25/h3-14H,1-2H3/t24-/m1/s1. The van der Waals surface area contributed by atoms with E-state index in [4.69, 9.17) is 0 Å². The number of rotatable bonds is 0. The lowest BCUT2D eigenvalue weighted by atomic mass is 9.65. The molecular formula is C24H18O. The summed E-state index contributed by atoms with van der Waals surface area (Å²) in [4.78, 5) is 13.5. The monoisotopic (exact) mass is 322 g/mol. The first kappa shape index (κ1) is 14.4. The molecular weight excluding hydrogens is 304 g/mol. The van der Waals surface area contributed by atoms with E-state index in [-0.39, 0.29) is 5.78 Å². The summed E-state index contributed by atoms with van der Waals surface area (Å²) in [7, 11) is 0. The molecule has 0 fully saturated rings. The number of carbonyl (C=O) groups excluding carboxylic acids is 1. The molecule has 1 atom stereocenters. The maximum atomic E-state index is 13.5. The van der Waals surface area contributed by atoms with Gasteiger partial charge in [0.25, 0.3) is 0 Å². The summed E-state index contributed by atoms with van der Waals surface area (Å²) in [6.45, 7) is 4.26. The van der Waals surface area contributed by atoms with Crippen LogP contribution in [0.5, 0.6) is 0 Å². The normalized spacial score (nSPS) is 19.7. The maximum Gasteiger partial charge on any atom is 0.175 e. The predicted molar refractivity (Wildman–Crippen MR) is 102 cm³/mol. The highest BCUT2D eigenvalue weighted by molar-refractivity contribution is 6.14. The summed E-state index contributed by atoms with van der Waals surface area (Å²) in [6, 6.07) is 21.1. The van der Waals surface area contributed by atoms with E-state index in [1.54, 1.807) is 6.08 Å². The SMILES string of the molecule is Cc1cc(C)c2c(c1)-c1ccccc1[C@]21C(=O)C=Cc2ccccc21. The lowest BCUT2D eigenvalue weighted by Gasteiger charge is -2.35. The van der Waals surface area contributed by atoms with E-state index in [0.717, 1.165) is 22.3 Å². The zero-order chi connectivity index (χ0) is 17.2. The molecule has 2 aliphatic rings. The summed E-state index contributed by atoms with van der Waals surface area (Å²) < 4.78 is 0. The van der Waals surface area contributed by atoms with Crippen molar-refractivity contribution in [2.24, 2.45) is 0 Å². The van der Waals surface area contributed by atoms with Crippen LogP contribution in [0, 0.1) is 13.8 Å². The fourth-order valence-electron chi connectivity index (χ4n) is 4.80. The minimum Gasteiger partial charge on any atom is -0.293 e. The Hall–Kier alpha value is -2.93. The summed E-state index contributed by atoms with van der Waals surface area (Å²) in [5.41, 5.74) is 8.58. The van der Waals surface area contributed by atoms with Crippen LogP contribution in [-0.2, 0) is 10.2 Å². The average Bonchev–Trinajstić information content (AvgIpc) is 2.91. The lowest BCUT2D eigenvalue weighted by molar-refractivity contribution is -0.117. The first-order valence-electron chi connectivity index (χ1n) is 8.67. The van der Waals surface area contributed by atoms with Gasteiger partial charge in [-0.3, -0.25) is 4.79 Å². The quantitative estimate of drug-likeness (QED) is 0.555. The summed E-state index contributed by atoms with van der Waals surface area (Å²) in [5.74, 6) is 0.157. The number of hydrogen-bond acceptors (Lipinski definition) is 1. The van der Waals surface area contributed by atoms with Crippen molar-refractivity contribution in [2.45, 2.75) is 19.3 Å². The fourth-order valence-corrected chi connectivity index (χ4v) is 4.80. The molecule has 0 unspecified atom stereocenters. The smallest absolute Gasteiger partial charge is 0.175 e. The van der Waals surface area contributed by atoms with Gasteiger partial charge in [0.05, 0.1) is 0 Å². The number of carbonyl (C=O) groups is 1. The Balaban J connectivity index is 2.02. The number of aryl methyl sites for hydroxylation is 2. The van der Waals surface area contributed by atoms with Crippen molar-refractivity contribution in [3.63, 3.8) is 0 Å². The molecule has 1 heteroatoms. The van der Waals surface area contributed by atoms with Gasteiger partial charge in [-0.25, -0.2) is 0 Å². The molecule has 1 nitrogen and oxygen atoms in total. The summed E-state index contributed by atoms with van der Waals surface area (Å²) >= 11 is 0. The highest BCUT2D eigenvalue weighted by Crippen LogP contribution is 2.56. The summed E-state index contributed by atoms with van der Waals surface area (Å²) in [5, 5.41) is 0. The molecule has 0 radical (unpaired) electrons. The number of ketones is 1. The minimum absolute atomic E-state index is 0.157. The van der Waals surface area contributed by atoms with Gasteiger partial charge in [0.15, 0.2) is 5.78 Å². The Bertz CT molecular complexity index is 1090. The second-order valence-electron chi connectivity index (χ2n) is 7.08. The van der Waals surface area contributed by atoms with Gasteiger partial charge in [0.1, 0.15) is 5.41 Å². The summed E-state index contributed by atoms with van der Waals surface area (Å²) in [6.07, 6.45) is 3.71. The fraction of sp³-hybridized carbons (Fsp3) is 0.125. The highest BCUT2D eigenvalue weighted by Gasteiger charge is 2.51. The number of fused-ring (bicyclic) bond motifs is 7. The molecule has 1 spiro atoms. The predicted octanol–water partition coefficient (Wildman–Crippen LogP) is 5.21. The van der Waals surface area contributed by atoms with E-state index in [1.165, 1.54) is 22.3 Å². The minimum atomic E-state index is -0.713. The van der Waals surface area contributed by atoms with E-state index in [2.05, 4.69) is 56.3 Å². The van der Waals surface area contributed by atoms with Crippen molar-refractivity contribution < 1.29 is 4.79 Å². The molecule has 25 heavy (non-hydrogen) atoms. The van der Waals surface area contributed by atoms with Crippen LogP contribution in [-0.4, -0.2) is 5.78 Å². The van der Waals surface area contributed by atoms with Crippen LogP contribution in [0.2, 0.25) is 0 Å². The van der Waals surface area contributed by atoms with Gasteiger partial charge in [-0.15, -0.1) is 0 Å². The van der Waals surface area contributed by atoms with Crippen LogP contribution in [0.3, 0.4) is 0 Å². The van der Waals surface area contributed by atoms with Crippen LogP contribution in [0.4, 0.5) is 0 Å². The molecule has 0 saturated carbocycles. The van der Waals surface area contributed by atoms with Crippen molar-refractivity contribution in [2.75, 3.05) is 0 Å². The van der Waals surface area contributed by atoms with E-state index >= 15 is 0 Å². The zero-order valence-corrected chi connectivity index (χ0v) is 14.3. The number of benzene rings is 3. The molecule has 0 bridgehead atoms. The Morgan fingerprint density at radius 2 is 1.48 bits per heavy atom. The maximum absolute atomic E-state index is 13.5. The third-order valence-corrected chi connectivity index (χ3v) is 5.62. The van der Waals surface area contributed by atoms with Crippen LogP contribution < -0.4 is 0 Å². The van der Waals surface area contributed by atoms with Gasteiger partial charge in [-0.1, -0.05) is 72.3 Å². The molecule has 0 saturated heterocycles. The van der Waals surface area contributed by atoms with Gasteiger partial charge in [-0.2, -0.15) is 0 Å². The highest BCUT2D eigenvalue weighted by atomic mass is 16.1. The first-order valence-corrected chi connectivity index (χ1v) is 8.67. The third-order valence-electron chi connectivity index (χ3n) is 5.62. The van der Waals surface area contributed by atoms with Crippen molar-refractivity contribution in [3.8, 4) is 11.1 Å². The van der Waals surface area contributed by atoms with Crippen molar-refractivity contribution in [1.82, 2.24) is 0 Å². The van der Waals surface area contributed by atoms with E-state index in [9.17, 15) is 4.79 Å². The average molecular weight is 322 g/mol. The second kappa shape index (κ2) is 4.80. The van der Waals surface area contributed by atoms with Crippen molar-refractivity contribution in [1.29, 1.82) is 0 Å². The number of allylic oxidation sites excluding steroid dienone is 1. The Morgan fingerprint density at radius 1 is 0.760 bits per heavy atom. The zero-order valence-electron chi connectivity index (χ0n) is 14.3. The molecule has 0 aliphatic heterocycles. The van der Waals surface area contributed by atoms with Gasteiger partial charge in [0, 0.05) is 0 Å². The third kappa shape index (κ3) is 1.65. The van der Waals surface area contributed by atoms with Crippen molar-refractivity contribution >= 4 is 11.9 Å². The molecule has 0 amide bonds. The molecule has 5 rings (SSSR count). The van der Waals surface area contributed by atoms with Gasteiger partial charge in [-0.05, 0) is 58.9 Å². The Morgan fingerprint density at radius 3 is 2.32 bits per heavy atom. The molecule has 3 aromatic rings. The Labute approximate surface area is 147 Å². The Kier molecular flexibility index (Phi) is 2.77. The van der Waals surface area contributed by atoms with Crippen LogP contribution in [0.15, 0.2) is 66.7 Å². The van der Waals surface area contributed by atoms with E-state index in [1.807, 2.05) is 24.3 Å². The van der Waals surface area contributed by atoms with Crippen LogP contribution in [0.1, 0.15) is 33.4 Å². The van der Waals surface area contributed by atoms with Crippen LogP contribution in [0.25, 0.3) is 17.2 Å².